The van der Waals surface area contributed by atoms with Gasteiger partial charge in [0.1, 0.15) is 0 Å². The van der Waals surface area contributed by atoms with Crippen LogP contribution in [-0.2, 0) is 19.5 Å². The number of carbonyl (C=O) groups excluding carboxylic acids is 2. The number of carboxylic acids is 2. The van der Waals surface area contributed by atoms with Gasteiger partial charge in [-0.15, -0.1) is 22.1 Å². The van der Waals surface area contributed by atoms with Gasteiger partial charge in [0.25, 0.3) is 0 Å². The van der Waals surface area contributed by atoms with Gasteiger partial charge >= 0.3 is 122 Å². The number of carboxylic acid groups (broad SMARTS) is 2. The molecule has 2 aliphatic heterocycles. The average Bonchev–Trinajstić information content (AvgIpc) is 4.16. The maximum Gasteiger partial charge on any atom is 2.00 e. The molecule has 0 saturated heterocycles. The van der Waals surface area contributed by atoms with E-state index in [0.29, 0.717) is 77.9 Å². The van der Waals surface area contributed by atoms with Crippen LogP contribution >= 0.6 is 0 Å². The van der Waals surface area contributed by atoms with Crippen LogP contribution in [-0.4, -0.2) is 21.9 Å². The fourth-order valence-corrected chi connectivity index (χ4v) is 10.7. The first-order chi connectivity index (χ1) is 32.8. The van der Waals surface area contributed by atoms with Crippen molar-refractivity contribution in [2.24, 2.45) is 0 Å². The molecule has 0 radical (unpaired) electrons. The molecule has 11 rings (SSSR count). The van der Waals surface area contributed by atoms with Gasteiger partial charge in [0, 0.05) is 11.1 Å². The number of hydrogen-bond acceptors (Lipinski definition) is 6. The number of nitrogens with zero attached hydrogens (tertiary/aromatic N) is 4. The number of aromatic carboxylic acids is 2. The number of aryl methyl sites for hydroxylation is 6. The molecular weight excluding hydrogens is 984 g/mol. The second kappa shape index (κ2) is 21.0. The van der Waals surface area contributed by atoms with Crippen molar-refractivity contribution < 1.29 is 142 Å². The first-order valence-electron chi connectivity index (χ1n) is 22.5. The van der Waals surface area contributed by atoms with Crippen LogP contribution in [0.15, 0.2) is 121 Å². The van der Waals surface area contributed by atoms with Crippen LogP contribution in [0.25, 0.3) is 112 Å². The molecule has 330 valence electrons. The summed E-state index contributed by atoms with van der Waals surface area (Å²) >= 11 is 0. The minimum Gasteiger partial charge on any atom is -0.657 e. The van der Waals surface area contributed by atoms with Crippen LogP contribution in [0, 0.1) is 41.5 Å². The van der Waals surface area contributed by atoms with Gasteiger partial charge < -0.3 is 29.8 Å². The molecule has 0 fully saturated rings. The van der Waals surface area contributed by atoms with E-state index in [1.54, 1.807) is 24.3 Å². The first-order valence-corrected chi connectivity index (χ1v) is 22.5. The Balaban J connectivity index is 0.00000225. The van der Waals surface area contributed by atoms with E-state index in [9.17, 15) is 19.8 Å². The Hall–Kier alpha value is -4.72. The van der Waals surface area contributed by atoms with Crippen molar-refractivity contribution >= 4 is 79.9 Å². The maximum absolute atomic E-state index is 12.9. The molecule has 0 saturated carbocycles. The number of benzene rings is 6. The Morgan fingerprint density at radius 3 is 1.03 bits per heavy atom. The number of rotatable bonds is 6. The summed E-state index contributed by atoms with van der Waals surface area (Å²) in [5.41, 5.74) is 17.8. The van der Waals surface area contributed by atoms with E-state index in [2.05, 4.69) is 65.8 Å². The van der Waals surface area contributed by atoms with E-state index in [1.807, 2.05) is 97.1 Å². The zero-order valence-electron chi connectivity index (χ0n) is 41.0. The monoisotopic (exact) mass is 1020 g/mol. The fraction of sp³-hybridized carbons (Fsp3) is 0.100. The van der Waals surface area contributed by atoms with Gasteiger partial charge in [0.05, 0.1) is 34.7 Å². The van der Waals surface area contributed by atoms with Crippen molar-refractivity contribution in [3.8, 4) is 44.5 Å². The van der Waals surface area contributed by atoms with Crippen molar-refractivity contribution in [3.05, 3.63) is 189 Å². The smallest absolute Gasteiger partial charge is 0.657 e. The predicted molar refractivity (Wildman–Crippen MR) is 271 cm³/mol. The number of fused-ring (bicyclic) bond motifs is 10. The van der Waals surface area contributed by atoms with Gasteiger partial charge in [-0.2, -0.15) is 0 Å². The Kier molecular flexibility index (Phi) is 15.6. The number of hydrogen-bond donors (Lipinski definition) is 0. The van der Waals surface area contributed by atoms with Gasteiger partial charge in [0.15, 0.2) is 0 Å². The van der Waals surface area contributed by atoms with Crippen molar-refractivity contribution in [2.75, 3.05) is 0 Å². The summed E-state index contributed by atoms with van der Waals surface area (Å²) in [6.45, 7) is 12.5. The van der Waals surface area contributed by atoms with Gasteiger partial charge in [-0.1, -0.05) is 132 Å². The predicted octanol–water partition coefficient (Wildman–Crippen LogP) is 5.47. The largest absolute Gasteiger partial charge is 2.00 e. The summed E-state index contributed by atoms with van der Waals surface area (Å²) in [5.74, 6) is -2.56. The van der Waals surface area contributed by atoms with Crippen LogP contribution in [0.1, 0.15) is 76.9 Å². The van der Waals surface area contributed by atoms with E-state index in [0.717, 1.165) is 66.4 Å². The van der Waals surface area contributed by atoms with E-state index in [1.165, 1.54) is 0 Å². The summed E-state index contributed by atoms with van der Waals surface area (Å²) < 4.78 is 0. The molecule has 9 aromatic rings. The maximum atomic E-state index is 12.9. The summed E-state index contributed by atoms with van der Waals surface area (Å²) in [6.07, 6.45) is 7.93. The summed E-state index contributed by atoms with van der Waals surface area (Å²) in [5, 5.41) is 28.2. The van der Waals surface area contributed by atoms with Gasteiger partial charge in [-0.3, -0.25) is 0 Å². The number of aromatic nitrogens is 4. The van der Waals surface area contributed by atoms with Crippen LogP contribution in [0.2, 0.25) is 0 Å². The second-order valence-electron chi connectivity index (χ2n) is 17.9. The molecule has 11 heteroatoms. The Morgan fingerprint density at radius 2 is 0.704 bits per heavy atom. The number of carbonyl (C=O) groups is 2. The van der Waals surface area contributed by atoms with Crippen LogP contribution in [0.5, 0.6) is 0 Å². The van der Waals surface area contributed by atoms with Gasteiger partial charge in [-0.25, -0.2) is 9.97 Å². The minimum absolute atomic E-state index is 0. The summed E-state index contributed by atoms with van der Waals surface area (Å²) in [6, 6.07) is 38.5. The van der Waals surface area contributed by atoms with Crippen molar-refractivity contribution in [1.29, 1.82) is 0 Å². The molecule has 5 heterocycles. The topological polar surface area (TPSA) is 134 Å². The normalized spacial score (nSPS) is 11.6. The zero-order chi connectivity index (χ0) is 47.1. The quantitative estimate of drug-likeness (QED) is 0.201. The standard InChI is InChI=1S/C60H46N4O4.2K.Zn/c1-31-27-33(3)51(34(4)28-31)57-47-23-19-43(61-47)55(39-15-7-11-37-13-9-17-41(53(37)39)59(65)66)45-21-25-49(63-45)58(52-35(5)29-32(2)30-36(52)6)50-26-22-46(64-50)56(44-20-24-48(57)62-44)40-16-8-12-38-14-10-18-42(54(38)40)60(67)68;;;/h7-30H,1-6H3,(H4,61,62,63,64,65,66,67,68);;;/q;2*+1;+2/p-4. The van der Waals surface area contributed by atoms with Gasteiger partial charge in [-0.05, 0) is 154 Å². The molecule has 8 bridgehead atoms. The molecule has 0 aliphatic carbocycles. The van der Waals surface area contributed by atoms with E-state index < -0.39 is 11.9 Å². The molecule has 0 spiro atoms. The Morgan fingerprint density at radius 1 is 0.408 bits per heavy atom. The fourth-order valence-electron chi connectivity index (χ4n) is 10.7. The van der Waals surface area contributed by atoms with Crippen molar-refractivity contribution in [1.82, 2.24) is 19.9 Å². The molecular formula is C60H42K2N4O4Zn. The molecule has 8 nitrogen and oxygen atoms in total. The zero-order valence-corrected chi connectivity index (χ0v) is 50.2. The molecule has 71 heavy (non-hydrogen) atoms. The molecule has 3 aromatic heterocycles. The Labute approximate surface area is 509 Å². The minimum atomic E-state index is -1.28. The van der Waals surface area contributed by atoms with E-state index >= 15 is 0 Å². The summed E-state index contributed by atoms with van der Waals surface area (Å²) in [4.78, 5) is 47.6. The first kappa shape index (κ1) is 52.6. The van der Waals surface area contributed by atoms with Crippen LogP contribution < -0.4 is 123 Å². The van der Waals surface area contributed by atoms with E-state index in [4.69, 9.17) is 19.9 Å². The van der Waals surface area contributed by atoms with Crippen LogP contribution in [0.3, 0.4) is 0 Å². The molecule has 0 atom stereocenters. The van der Waals surface area contributed by atoms with Crippen LogP contribution in [0.4, 0.5) is 0 Å². The average molecular weight is 1030 g/mol. The van der Waals surface area contributed by atoms with Gasteiger partial charge in [0.2, 0.25) is 0 Å². The third-order valence-electron chi connectivity index (χ3n) is 13.3. The third-order valence-corrected chi connectivity index (χ3v) is 13.3. The molecule has 2 aliphatic rings. The molecule has 0 N–H and O–H groups in total. The second-order valence-corrected chi connectivity index (χ2v) is 17.9. The Bertz CT molecular complexity index is 3650. The van der Waals surface area contributed by atoms with Crippen molar-refractivity contribution in [2.45, 2.75) is 41.5 Å². The van der Waals surface area contributed by atoms with Crippen molar-refractivity contribution in [3.63, 3.8) is 0 Å². The SMILES string of the molecule is Cc1cc(C)c(-c2c3nc(c(-c4cccc5cccc(C(=O)[O-])c45)c4ccc([n-]4)c(-c4c(C)cc(C)cc4C)c4nc(c(-c5cccc6cccc(C(=O)[O-])c56)c5ccc2[n-]5)C=C4)C=C3)c(C)c1.[K+].[K+].[Zn+2]. The van der Waals surface area contributed by atoms with E-state index in [-0.39, 0.29) is 133 Å². The molecule has 0 unspecified atom stereocenters. The third kappa shape index (κ3) is 9.34. The molecule has 6 aromatic carbocycles. The molecule has 0 amide bonds. The summed E-state index contributed by atoms with van der Waals surface area (Å²) in [7, 11) is 0.